The largest absolute Gasteiger partial charge is 0.490 e. The van der Waals surface area contributed by atoms with Gasteiger partial charge in [0, 0.05) is 19.9 Å². The molecule has 0 fully saturated rings. The van der Waals surface area contributed by atoms with Crippen molar-refractivity contribution in [3.63, 3.8) is 0 Å². The molecule has 1 atom stereocenters. The molecule has 0 aliphatic rings. The van der Waals surface area contributed by atoms with Crippen LogP contribution in [0.3, 0.4) is 0 Å². The molecule has 0 aliphatic carbocycles. The van der Waals surface area contributed by atoms with Crippen LogP contribution in [0.1, 0.15) is 19.8 Å². The van der Waals surface area contributed by atoms with Gasteiger partial charge in [-0.05, 0) is 25.0 Å². The predicted octanol–water partition coefficient (Wildman–Crippen LogP) is 1.68. The number of hydrogen-bond donors (Lipinski definition) is 2. The Hall–Kier alpha value is -1.33. The zero-order valence-corrected chi connectivity index (χ0v) is 11.1. The quantitative estimate of drug-likeness (QED) is 0.702. The van der Waals surface area contributed by atoms with Crippen LogP contribution in [0.2, 0.25) is 0 Å². The second-order valence-corrected chi connectivity index (χ2v) is 4.01. The third kappa shape index (κ3) is 4.89. The normalized spacial score (nSPS) is 12.2. The van der Waals surface area contributed by atoms with E-state index in [0.29, 0.717) is 25.5 Å². The molecule has 1 aromatic rings. The molecule has 5 nitrogen and oxygen atoms in total. The van der Waals surface area contributed by atoms with Crippen molar-refractivity contribution in [2.75, 3.05) is 32.2 Å². The van der Waals surface area contributed by atoms with Gasteiger partial charge in [0.25, 0.3) is 0 Å². The molecule has 1 heterocycles. The van der Waals surface area contributed by atoms with Gasteiger partial charge in [0.2, 0.25) is 0 Å². The number of anilines is 1. The number of methoxy groups -OCH3 is 1. The average molecular weight is 254 g/mol. The Labute approximate surface area is 108 Å². The van der Waals surface area contributed by atoms with E-state index in [2.05, 4.69) is 17.2 Å². The lowest BCUT2D eigenvalue weighted by Crippen LogP contribution is -2.27. The van der Waals surface area contributed by atoms with Crippen molar-refractivity contribution in [2.24, 2.45) is 0 Å². The smallest absolute Gasteiger partial charge is 0.169 e. The van der Waals surface area contributed by atoms with Crippen LogP contribution in [0.4, 0.5) is 5.82 Å². The summed E-state index contributed by atoms with van der Waals surface area (Å²) in [6.07, 6.45) is 3.27. The minimum atomic E-state index is 0.0267. The summed E-state index contributed by atoms with van der Waals surface area (Å²) in [6, 6.07) is 3.75. The number of aromatic nitrogens is 1. The van der Waals surface area contributed by atoms with Crippen molar-refractivity contribution >= 4 is 5.82 Å². The number of rotatable bonds is 9. The summed E-state index contributed by atoms with van der Waals surface area (Å²) in [4.78, 5) is 4.26. The first-order valence-electron chi connectivity index (χ1n) is 6.26. The Bertz CT molecular complexity index is 328. The molecule has 0 amide bonds. The van der Waals surface area contributed by atoms with Gasteiger partial charge in [0.1, 0.15) is 0 Å². The number of nitrogens with one attached hydrogen (secondary N) is 1. The van der Waals surface area contributed by atoms with Crippen molar-refractivity contribution in [2.45, 2.75) is 25.8 Å². The lowest BCUT2D eigenvalue weighted by Gasteiger charge is -2.19. The minimum absolute atomic E-state index is 0.0267. The van der Waals surface area contributed by atoms with Crippen LogP contribution in [-0.4, -0.2) is 43.1 Å². The number of aliphatic hydroxyl groups excluding tert-OH is 1. The highest BCUT2D eigenvalue weighted by molar-refractivity contribution is 5.50. The molecule has 0 bridgehead atoms. The van der Waals surface area contributed by atoms with Crippen molar-refractivity contribution in [3.05, 3.63) is 18.3 Å². The van der Waals surface area contributed by atoms with Gasteiger partial charge in [-0.3, -0.25) is 0 Å². The van der Waals surface area contributed by atoms with E-state index >= 15 is 0 Å². The van der Waals surface area contributed by atoms with Gasteiger partial charge >= 0.3 is 0 Å². The van der Waals surface area contributed by atoms with Gasteiger partial charge in [-0.1, -0.05) is 6.92 Å². The van der Waals surface area contributed by atoms with E-state index in [9.17, 15) is 0 Å². The molecular formula is C13H22N2O3. The number of aliphatic hydroxyl groups is 1. The molecule has 0 saturated heterocycles. The molecule has 1 rings (SSSR count). The molecule has 0 saturated carbocycles. The monoisotopic (exact) mass is 254 g/mol. The Morgan fingerprint density at radius 2 is 2.33 bits per heavy atom. The molecular weight excluding hydrogens is 232 g/mol. The highest BCUT2D eigenvalue weighted by Crippen LogP contribution is 2.22. The number of pyridine rings is 1. The summed E-state index contributed by atoms with van der Waals surface area (Å²) < 4.78 is 10.7. The average Bonchev–Trinajstić information content (AvgIpc) is 2.38. The van der Waals surface area contributed by atoms with Crippen LogP contribution in [0.15, 0.2) is 18.3 Å². The van der Waals surface area contributed by atoms with Crippen molar-refractivity contribution in [1.82, 2.24) is 4.98 Å². The van der Waals surface area contributed by atoms with Crippen LogP contribution >= 0.6 is 0 Å². The second kappa shape index (κ2) is 8.72. The maximum Gasteiger partial charge on any atom is 0.169 e. The molecule has 1 unspecified atom stereocenters. The van der Waals surface area contributed by atoms with Crippen molar-refractivity contribution in [3.8, 4) is 5.75 Å². The van der Waals surface area contributed by atoms with Gasteiger partial charge in [-0.15, -0.1) is 0 Å². The van der Waals surface area contributed by atoms with Crippen molar-refractivity contribution < 1.29 is 14.6 Å². The summed E-state index contributed by atoms with van der Waals surface area (Å²) in [5.41, 5.74) is 0. The predicted molar refractivity (Wildman–Crippen MR) is 71.0 cm³/mol. The van der Waals surface area contributed by atoms with E-state index in [-0.39, 0.29) is 12.6 Å². The summed E-state index contributed by atoms with van der Waals surface area (Å²) >= 11 is 0. The molecule has 1 aromatic heterocycles. The highest BCUT2D eigenvalue weighted by atomic mass is 16.5. The van der Waals surface area contributed by atoms with Crippen LogP contribution in [0.25, 0.3) is 0 Å². The summed E-state index contributed by atoms with van der Waals surface area (Å²) in [6.45, 7) is 3.35. The minimum Gasteiger partial charge on any atom is -0.490 e. The zero-order valence-electron chi connectivity index (χ0n) is 11.1. The third-order valence-electron chi connectivity index (χ3n) is 2.42. The maximum absolute atomic E-state index is 9.00. The lowest BCUT2D eigenvalue weighted by atomic mass is 10.2. The molecule has 0 radical (unpaired) electrons. The van der Waals surface area contributed by atoms with Crippen LogP contribution in [0, 0.1) is 0 Å². The first kappa shape index (κ1) is 14.7. The maximum atomic E-state index is 9.00. The molecule has 102 valence electrons. The number of ether oxygens (including phenoxy) is 2. The first-order chi connectivity index (χ1) is 8.81. The van der Waals surface area contributed by atoms with E-state index in [4.69, 9.17) is 14.6 Å². The van der Waals surface area contributed by atoms with Gasteiger partial charge < -0.3 is 19.9 Å². The third-order valence-corrected chi connectivity index (χ3v) is 2.42. The van der Waals surface area contributed by atoms with E-state index < -0.39 is 0 Å². The highest BCUT2D eigenvalue weighted by Gasteiger charge is 2.11. The van der Waals surface area contributed by atoms with E-state index in [1.165, 1.54) is 0 Å². The molecule has 18 heavy (non-hydrogen) atoms. The topological polar surface area (TPSA) is 63.6 Å². The van der Waals surface area contributed by atoms with Gasteiger partial charge in [-0.25, -0.2) is 4.98 Å². The fraction of sp³-hybridized carbons (Fsp3) is 0.615. The molecule has 5 heteroatoms. The number of nitrogens with zero attached hydrogens (tertiary/aromatic N) is 1. The standard InChI is InChI=1S/C13H22N2O3/c1-3-9-18-12-5-4-7-14-13(12)15-11(6-8-16)10-17-2/h4-5,7,11,16H,3,6,8-10H2,1-2H3,(H,14,15). The van der Waals surface area contributed by atoms with E-state index in [1.807, 2.05) is 12.1 Å². The fourth-order valence-electron chi connectivity index (χ4n) is 1.57. The molecule has 0 aromatic carbocycles. The summed E-state index contributed by atoms with van der Waals surface area (Å²) in [7, 11) is 1.64. The SMILES string of the molecule is CCCOc1cccnc1NC(CCO)COC. The van der Waals surface area contributed by atoms with Crippen molar-refractivity contribution in [1.29, 1.82) is 0 Å². The zero-order chi connectivity index (χ0) is 13.2. The van der Waals surface area contributed by atoms with Gasteiger partial charge in [0.05, 0.1) is 19.3 Å². The van der Waals surface area contributed by atoms with Crippen LogP contribution in [-0.2, 0) is 4.74 Å². The van der Waals surface area contributed by atoms with Gasteiger partial charge in [-0.2, -0.15) is 0 Å². The Balaban J connectivity index is 2.67. The molecule has 2 N–H and O–H groups in total. The van der Waals surface area contributed by atoms with E-state index in [1.54, 1.807) is 13.3 Å². The lowest BCUT2D eigenvalue weighted by molar-refractivity contribution is 0.170. The van der Waals surface area contributed by atoms with E-state index in [0.717, 1.165) is 12.2 Å². The summed E-state index contributed by atoms with van der Waals surface area (Å²) in [5, 5.41) is 12.2. The molecule has 0 spiro atoms. The van der Waals surface area contributed by atoms with Crippen LogP contribution in [0.5, 0.6) is 5.75 Å². The fourth-order valence-corrected chi connectivity index (χ4v) is 1.57. The first-order valence-corrected chi connectivity index (χ1v) is 6.26. The summed E-state index contributed by atoms with van der Waals surface area (Å²) in [5.74, 6) is 1.43. The number of hydrogen-bond acceptors (Lipinski definition) is 5. The van der Waals surface area contributed by atoms with Gasteiger partial charge in [0.15, 0.2) is 11.6 Å². The Morgan fingerprint density at radius 1 is 1.50 bits per heavy atom. The molecule has 0 aliphatic heterocycles. The Morgan fingerprint density at radius 3 is 3.00 bits per heavy atom. The van der Waals surface area contributed by atoms with Crippen LogP contribution < -0.4 is 10.1 Å². The Kier molecular flexibility index (Phi) is 7.13. The second-order valence-electron chi connectivity index (χ2n) is 4.01.